The van der Waals surface area contributed by atoms with Crippen LogP contribution in [0.1, 0.15) is 19.4 Å². The highest BCUT2D eigenvalue weighted by Gasteiger charge is 2.05. The Morgan fingerprint density at radius 3 is 2.65 bits per heavy atom. The molecule has 0 bridgehead atoms. The Bertz CT molecular complexity index is 654. The standard InChI is InChI=1S/C17H21N3O3/c1-12(2)10-19-17(20-21)13-7-8-16(18-11-13)23-15-6-4-5-14(9-15)22-3/h4-9,11-12,21H,10H2,1-3H3,(H,19,20). The zero-order valence-corrected chi connectivity index (χ0v) is 13.5. The highest BCUT2D eigenvalue weighted by Crippen LogP contribution is 2.23. The van der Waals surface area contributed by atoms with Crippen LogP contribution in [0, 0.1) is 5.92 Å². The average molecular weight is 315 g/mol. The first-order valence-corrected chi connectivity index (χ1v) is 7.35. The summed E-state index contributed by atoms with van der Waals surface area (Å²) in [6, 6.07) is 10.8. The Labute approximate surface area is 135 Å². The van der Waals surface area contributed by atoms with E-state index in [1.54, 1.807) is 31.5 Å². The van der Waals surface area contributed by atoms with E-state index < -0.39 is 0 Å². The molecule has 6 nitrogen and oxygen atoms in total. The first-order chi connectivity index (χ1) is 11.1. The van der Waals surface area contributed by atoms with Gasteiger partial charge in [-0.3, -0.25) is 15.7 Å². The molecule has 1 aromatic carbocycles. The maximum atomic E-state index is 9.20. The molecule has 0 unspecified atom stereocenters. The molecule has 0 fully saturated rings. The first-order valence-electron chi connectivity index (χ1n) is 7.35. The fourth-order valence-corrected chi connectivity index (χ4v) is 1.83. The summed E-state index contributed by atoms with van der Waals surface area (Å²) < 4.78 is 10.8. The van der Waals surface area contributed by atoms with Crippen molar-refractivity contribution < 1.29 is 14.7 Å². The minimum Gasteiger partial charge on any atom is -0.497 e. The van der Waals surface area contributed by atoms with Crippen molar-refractivity contribution in [2.75, 3.05) is 13.7 Å². The SMILES string of the molecule is COc1cccc(Oc2ccc(C(=NCC(C)C)NO)cn2)c1. The third-order valence-electron chi connectivity index (χ3n) is 2.99. The normalized spacial score (nSPS) is 11.4. The molecule has 1 heterocycles. The molecule has 0 radical (unpaired) electrons. The topological polar surface area (TPSA) is 76.0 Å². The molecule has 122 valence electrons. The van der Waals surface area contributed by atoms with Gasteiger partial charge in [0.1, 0.15) is 11.5 Å². The van der Waals surface area contributed by atoms with Gasteiger partial charge in [0, 0.05) is 30.4 Å². The fraction of sp³-hybridized carbons (Fsp3) is 0.294. The van der Waals surface area contributed by atoms with Gasteiger partial charge < -0.3 is 9.47 Å². The molecule has 2 N–H and O–H groups in total. The number of nitrogens with one attached hydrogen (secondary N) is 1. The predicted octanol–water partition coefficient (Wildman–Crippen LogP) is 3.26. The fourth-order valence-electron chi connectivity index (χ4n) is 1.83. The molecule has 0 aliphatic carbocycles. The van der Waals surface area contributed by atoms with E-state index in [1.165, 1.54) is 0 Å². The molecule has 0 atom stereocenters. The third kappa shape index (κ3) is 4.96. The van der Waals surface area contributed by atoms with E-state index in [0.29, 0.717) is 41.2 Å². The Morgan fingerprint density at radius 2 is 2.04 bits per heavy atom. The van der Waals surface area contributed by atoms with Crippen LogP contribution < -0.4 is 15.0 Å². The second-order valence-electron chi connectivity index (χ2n) is 5.36. The van der Waals surface area contributed by atoms with Crippen LogP contribution in [-0.4, -0.2) is 29.7 Å². The van der Waals surface area contributed by atoms with Gasteiger partial charge in [0.05, 0.1) is 7.11 Å². The summed E-state index contributed by atoms with van der Waals surface area (Å²) in [5.41, 5.74) is 2.80. The number of hydroxylamine groups is 1. The number of pyridine rings is 1. The Kier molecular flexibility index (Phi) is 5.94. The van der Waals surface area contributed by atoms with Gasteiger partial charge in [-0.25, -0.2) is 4.98 Å². The van der Waals surface area contributed by atoms with Crippen LogP contribution in [-0.2, 0) is 0 Å². The number of amidine groups is 1. The summed E-state index contributed by atoms with van der Waals surface area (Å²) in [7, 11) is 1.60. The zero-order valence-electron chi connectivity index (χ0n) is 13.5. The van der Waals surface area contributed by atoms with Crippen LogP contribution >= 0.6 is 0 Å². The van der Waals surface area contributed by atoms with Gasteiger partial charge in [-0.05, 0) is 24.1 Å². The second-order valence-corrected chi connectivity index (χ2v) is 5.36. The third-order valence-corrected chi connectivity index (χ3v) is 2.99. The summed E-state index contributed by atoms with van der Waals surface area (Å²) >= 11 is 0. The van der Waals surface area contributed by atoms with E-state index in [-0.39, 0.29) is 0 Å². The van der Waals surface area contributed by atoms with Gasteiger partial charge in [0.2, 0.25) is 5.88 Å². The summed E-state index contributed by atoms with van der Waals surface area (Å²) in [5, 5.41) is 9.20. The highest BCUT2D eigenvalue weighted by atomic mass is 16.5. The molecule has 0 saturated carbocycles. The molecular formula is C17H21N3O3. The summed E-state index contributed by atoms with van der Waals surface area (Å²) in [4.78, 5) is 8.54. The van der Waals surface area contributed by atoms with Gasteiger partial charge in [-0.1, -0.05) is 19.9 Å². The van der Waals surface area contributed by atoms with Crippen molar-refractivity contribution in [2.24, 2.45) is 10.9 Å². The number of methoxy groups -OCH3 is 1. The second kappa shape index (κ2) is 8.14. The van der Waals surface area contributed by atoms with E-state index in [0.717, 1.165) is 0 Å². The Balaban J connectivity index is 2.10. The minimum absolute atomic E-state index is 0.388. The van der Waals surface area contributed by atoms with Gasteiger partial charge in [0.25, 0.3) is 0 Å². The van der Waals surface area contributed by atoms with Crippen molar-refractivity contribution >= 4 is 5.84 Å². The average Bonchev–Trinajstić information content (AvgIpc) is 2.57. The molecular weight excluding hydrogens is 294 g/mol. The molecule has 0 aliphatic heterocycles. The van der Waals surface area contributed by atoms with Crippen molar-refractivity contribution in [2.45, 2.75) is 13.8 Å². The van der Waals surface area contributed by atoms with Gasteiger partial charge >= 0.3 is 0 Å². The van der Waals surface area contributed by atoms with Crippen molar-refractivity contribution in [1.82, 2.24) is 10.5 Å². The Hall–Kier alpha value is -2.60. The lowest BCUT2D eigenvalue weighted by atomic mass is 10.2. The summed E-state index contributed by atoms with van der Waals surface area (Å²) in [6.07, 6.45) is 1.60. The smallest absolute Gasteiger partial charge is 0.219 e. The van der Waals surface area contributed by atoms with Crippen LogP contribution in [0.5, 0.6) is 17.4 Å². The minimum atomic E-state index is 0.388. The molecule has 0 saturated heterocycles. The quantitative estimate of drug-likeness (QED) is 0.486. The molecule has 23 heavy (non-hydrogen) atoms. The van der Waals surface area contributed by atoms with Crippen LogP contribution in [0.4, 0.5) is 0 Å². The number of aromatic nitrogens is 1. The number of hydrogen-bond donors (Lipinski definition) is 2. The van der Waals surface area contributed by atoms with Gasteiger partial charge in [0.15, 0.2) is 5.84 Å². The number of rotatable bonds is 6. The van der Waals surface area contributed by atoms with Gasteiger partial charge in [-0.2, -0.15) is 0 Å². The molecule has 1 aromatic heterocycles. The van der Waals surface area contributed by atoms with Crippen molar-refractivity contribution in [3.8, 4) is 17.4 Å². The van der Waals surface area contributed by atoms with Crippen LogP contribution in [0.25, 0.3) is 0 Å². The van der Waals surface area contributed by atoms with Crippen LogP contribution in [0.3, 0.4) is 0 Å². The van der Waals surface area contributed by atoms with Crippen molar-refractivity contribution in [3.05, 3.63) is 48.2 Å². The number of benzene rings is 1. The highest BCUT2D eigenvalue weighted by molar-refractivity contribution is 5.97. The number of nitrogens with zero attached hydrogens (tertiary/aromatic N) is 2. The lowest BCUT2D eigenvalue weighted by molar-refractivity contribution is 0.234. The van der Waals surface area contributed by atoms with Gasteiger partial charge in [-0.15, -0.1) is 0 Å². The molecule has 0 spiro atoms. The molecule has 2 rings (SSSR count). The number of ether oxygens (including phenoxy) is 2. The molecule has 6 heteroatoms. The zero-order chi connectivity index (χ0) is 16.7. The molecule has 0 amide bonds. The maximum Gasteiger partial charge on any atom is 0.219 e. The first kappa shape index (κ1) is 16.8. The molecule has 0 aliphatic rings. The van der Waals surface area contributed by atoms with Crippen molar-refractivity contribution in [3.63, 3.8) is 0 Å². The monoisotopic (exact) mass is 315 g/mol. The van der Waals surface area contributed by atoms with E-state index in [2.05, 4.69) is 29.3 Å². The Morgan fingerprint density at radius 1 is 1.26 bits per heavy atom. The van der Waals surface area contributed by atoms with E-state index in [4.69, 9.17) is 9.47 Å². The van der Waals surface area contributed by atoms with E-state index >= 15 is 0 Å². The van der Waals surface area contributed by atoms with Crippen LogP contribution in [0.15, 0.2) is 47.6 Å². The van der Waals surface area contributed by atoms with E-state index in [9.17, 15) is 5.21 Å². The van der Waals surface area contributed by atoms with Crippen molar-refractivity contribution in [1.29, 1.82) is 0 Å². The summed E-state index contributed by atoms with van der Waals surface area (Å²) in [6.45, 7) is 4.73. The predicted molar refractivity (Wildman–Crippen MR) is 88.5 cm³/mol. The van der Waals surface area contributed by atoms with Crippen LogP contribution in [0.2, 0.25) is 0 Å². The number of hydrogen-bond acceptors (Lipinski definition) is 5. The molecule has 2 aromatic rings. The maximum absolute atomic E-state index is 9.20. The van der Waals surface area contributed by atoms with E-state index in [1.807, 2.05) is 18.2 Å². The lowest BCUT2D eigenvalue weighted by Gasteiger charge is -2.09. The summed E-state index contributed by atoms with van der Waals surface area (Å²) in [5.74, 6) is 2.59. The largest absolute Gasteiger partial charge is 0.497 e. The number of aliphatic imine (C=N–C) groups is 1. The lowest BCUT2D eigenvalue weighted by Crippen LogP contribution is -2.21.